The van der Waals surface area contributed by atoms with E-state index in [2.05, 4.69) is 5.32 Å². The van der Waals surface area contributed by atoms with E-state index in [9.17, 15) is 9.59 Å². The quantitative estimate of drug-likeness (QED) is 0.829. The van der Waals surface area contributed by atoms with Gasteiger partial charge in [0.1, 0.15) is 5.54 Å². The highest BCUT2D eigenvalue weighted by Gasteiger charge is 2.48. The summed E-state index contributed by atoms with van der Waals surface area (Å²) in [6, 6.07) is 9.64. The van der Waals surface area contributed by atoms with Gasteiger partial charge >= 0.3 is 0 Å². The van der Waals surface area contributed by atoms with E-state index in [4.69, 9.17) is 9.47 Å². The molecule has 0 bridgehead atoms. The van der Waals surface area contributed by atoms with Crippen molar-refractivity contribution in [2.45, 2.75) is 38.3 Å². The number of hydrogen-bond acceptors (Lipinski definition) is 5. The number of benzene rings is 1. The standard InChI is InChI=1S/C20H22N2O4S/c1-20(8-9-22(20)18(23)7-5-15-3-2-10-27-15)19(24)21-12-14-4-6-16-17(11-14)26-13-25-16/h2-4,6,10-11H,5,7-9,12-13H2,1H3,(H,21,24). The topological polar surface area (TPSA) is 67.9 Å². The second-order valence-corrected chi connectivity index (χ2v) is 8.05. The van der Waals surface area contributed by atoms with Crippen LogP contribution in [-0.2, 0) is 22.6 Å². The van der Waals surface area contributed by atoms with E-state index in [1.54, 1.807) is 16.2 Å². The molecular weight excluding hydrogens is 364 g/mol. The van der Waals surface area contributed by atoms with Crippen LogP contribution in [0.4, 0.5) is 0 Å². The van der Waals surface area contributed by atoms with Crippen LogP contribution in [-0.4, -0.2) is 35.6 Å². The molecule has 1 atom stereocenters. The second kappa shape index (κ2) is 7.23. The minimum atomic E-state index is -0.761. The van der Waals surface area contributed by atoms with Gasteiger partial charge in [0, 0.05) is 24.4 Å². The van der Waals surface area contributed by atoms with Crippen LogP contribution in [0.3, 0.4) is 0 Å². The van der Waals surface area contributed by atoms with Crippen LogP contribution in [0.15, 0.2) is 35.7 Å². The van der Waals surface area contributed by atoms with Crippen molar-refractivity contribution in [3.8, 4) is 11.5 Å². The number of carbonyl (C=O) groups excluding carboxylic acids is 2. The Morgan fingerprint density at radius 3 is 2.85 bits per heavy atom. The Balaban J connectivity index is 1.32. The Morgan fingerprint density at radius 1 is 1.26 bits per heavy atom. The van der Waals surface area contributed by atoms with Gasteiger partial charge in [-0.05, 0) is 48.9 Å². The molecule has 1 fully saturated rings. The Hall–Kier alpha value is -2.54. The summed E-state index contributed by atoms with van der Waals surface area (Å²) in [5.41, 5.74) is 0.175. The van der Waals surface area contributed by atoms with Crippen LogP contribution in [0.1, 0.15) is 30.2 Å². The summed E-state index contributed by atoms with van der Waals surface area (Å²) in [4.78, 5) is 28.2. The molecule has 0 spiro atoms. The van der Waals surface area contributed by atoms with Crippen LogP contribution in [0, 0.1) is 0 Å². The Labute approximate surface area is 162 Å². The molecule has 1 aromatic heterocycles. The van der Waals surface area contributed by atoms with Crippen molar-refractivity contribution in [3.05, 3.63) is 46.2 Å². The fraction of sp³-hybridized carbons (Fsp3) is 0.400. The predicted molar refractivity (Wildman–Crippen MR) is 102 cm³/mol. The van der Waals surface area contributed by atoms with Gasteiger partial charge in [-0.2, -0.15) is 0 Å². The van der Waals surface area contributed by atoms with Gasteiger partial charge in [-0.1, -0.05) is 12.1 Å². The van der Waals surface area contributed by atoms with E-state index >= 15 is 0 Å². The van der Waals surface area contributed by atoms with E-state index in [0.29, 0.717) is 31.7 Å². The van der Waals surface area contributed by atoms with Crippen molar-refractivity contribution in [3.63, 3.8) is 0 Å². The molecular formula is C20H22N2O4S. The van der Waals surface area contributed by atoms with Gasteiger partial charge in [0.05, 0.1) is 0 Å². The van der Waals surface area contributed by atoms with Crippen molar-refractivity contribution in [2.75, 3.05) is 13.3 Å². The summed E-state index contributed by atoms with van der Waals surface area (Å²) in [6.45, 7) is 3.10. The number of aryl methyl sites for hydroxylation is 1. The molecule has 7 heteroatoms. The average Bonchev–Trinajstić information content (AvgIpc) is 3.33. The van der Waals surface area contributed by atoms with E-state index in [1.807, 2.05) is 42.6 Å². The molecule has 3 heterocycles. The summed E-state index contributed by atoms with van der Waals surface area (Å²) in [6.07, 6.45) is 1.85. The number of thiophene rings is 1. The van der Waals surface area contributed by atoms with Gasteiger partial charge in [-0.3, -0.25) is 9.59 Å². The number of nitrogens with one attached hydrogen (secondary N) is 1. The molecule has 1 unspecified atom stereocenters. The summed E-state index contributed by atoms with van der Waals surface area (Å²) in [5, 5.41) is 4.97. The largest absolute Gasteiger partial charge is 0.454 e. The van der Waals surface area contributed by atoms with Crippen molar-refractivity contribution >= 4 is 23.2 Å². The predicted octanol–water partition coefficient (Wildman–Crippen LogP) is 2.72. The third kappa shape index (κ3) is 3.51. The maximum absolute atomic E-state index is 12.7. The minimum absolute atomic E-state index is 0.0374. The number of nitrogens with zero attached hydrogens (tertiary/aromatic N) is 1. The third-order valence-corrected chi connectivity index (χ3v) is 6.20. The van der Waals surface area contributed by atoms with Crippen LogP contribution in [0.5, 0.6) is 11.5 Å². The van der Waals surface area contributed by atoms with Gasteiger partial charge in [0.2, 0.25) is 18.6 Å². The lowest BCUT2D eigenvalue weighted by Crippen LogP contribution is -2.67. The van der Waals surface area contributed by atoms with Crippen molar-refractivity contribution in [1.82, 2.24) is 10.2 Å². The minimum Gasteiger partial charge on any atom is -0.454 e. The monoisotopic (exact) mass is 386 g/mol. The molecule has 6 nitrogen and oxygen atoms in total. The van der Waals surface area contributed by atoms with Gasteiger partial charge in [-0.25, -0.2) is 0 Å². The van der Waals surface area contributed by atoms with Gasteiger partial charge in [-0.15, -0.1) is 11.3 Å². The van der Waals surface area contributed by atoms with Crippen LogP contribution >= 0.6 is 11.3 Å². The first-order valence-corrected chi connectivity index (χ1v) is 9.94. The lowest BCUT2D eigenvalue weighted by molar-refractivity contribution is -0.157. The fourth-order valence-corrected chi connectivity index (χ4v) is 4.15. The molecule has 2 aromatic rings. The Bertz CT molecular complexity index is 852. The molecule has 1 saturated heterocycles. The highest BCUT2D eigenvalue weighted by molar-refractivity contribution is 7.09. The van der Waals surface area contributed by atoms with E-state index in [0.717, 1.165) is 17.7 Å². The van der Waals surface area contributed by atoms with Gasteiger partial charge in [0.25, 0.3) is 0 Å². The highest BCUT2D eigenvalue weighted by atomic mass is 32.1. The SMILES string of the molecule is CC1(C(=O)NCc2ccc3c(c2)OCO3)CCN1C(=O)CCc1cccs1. The van der Waals surface area contributed by atoms with Gasteiger partial charge < -0.3 is 19.7 Å². The Morgan fingerprint density at radius 2 is 2.11 bits per heavy atom. The zero-order valence-corrected chi connectivity index (χ0v) is 16.0. The van der Waals surface area contributed by atoms with E-state index < -0.39 is 5.54 Å². The zero-order chi connectivity index (χ0) is 18.9. The fourth-order valence-electron chi connectivity index (χ4n) is 3.44. The maximum Gasteiger partial charge on any atom is 0.246 e. The molecule has 0 radical (unpaired) electrons. The molecule has 0 saturated carbocycles. The first-order chi connectivity index (χ1) is 13.1. The average molecular weight is 386 g/mol. The molecule has 27 heavy (non-hydrogen) atoms. The molecule has 1 N–H and O–H groups in total. The van der Waals surface area contributed by atoms with Crippen LogP contribution in [0.2, 0.25) is 0 Å². The number of carbonyl (C=O) groups is 2. The van der Waals surface area contributed by atoms with Crippen molar-refractivity contribution < 1.29 is 19.1 Å². The zero-order valence-electron chi connectivity index (χ0n) is 15.2. The van der Waals surface area contributed by atoms with Crippen LogP contribution in [0.25, 0.3) is 0 Å². The summed E-state index contributed by atoms with van der Waals surface area (Å²) >= 11 is 1.65. The number of fused-ring (bicyclic) bond motifs is 1. The normalized spacial score (nSPS) is 20.3. The number of likely N-dealkylation sites (tertiary alicyclic amines) is 1. The molecule has 2 aliphatic heterocycles. The Kier molecular flexibility index (Phi) is 4.78. The molecule has 0 aliphatic carbocycles. The molecule has 1 aromatic carbocycles. The summed E-state index contributed by atoms with van der Waals surface area (Å²) < 4.78 is 10.7. The van der Waals surface area contributed by atoms with Crippen molar-refractivity contribution in [1.29, 1.82) is 0 Å². The molecule has 2 aliphatic rings. The number of hydrogen-bond donors (Lipinski definition) is 1. The summed E-state index contributed by atoms with van der Waals surface area (Å²) in [7, 11) is 0. The smallest absolute Gasteiger partial charge is 0.246 e. The van der Waals surface area contributed by atoms with E-state index in [1.165, 1.54) is 4.88 Å². The van der Waals surface area contributed by atoms with Crippen LogP contribution < -0.4 is 14.8 Å². The molecule has 2 amide bonds. The van der Waals surface area contributed by atoms with E-state index in [-0.39, 0.29) is 18.6 Å². The first-order valence-electron chi connectivity index (χ1n) is 9.06. The second-order valence-electron chi connectivity index (χ2n) is 7.02. The van der Waals surface area contributed by atoms with Gasteiger partial charge in [0.15, 0.2) is 11.5 Å². The lowest BCUT2D eigenvalue weighted by Gasteiger charge is -2.49. The number of ether oxygens (including phenoxy) is 2. The first kappa shape index (κ1) is 17.9. The highest BCUT2D eigenvalue weighted by Crippen LogP contribution is 2.33. The molecule has 142 valence electrons. The number of rotatable bonds is 6. The summed E-state index contributed by atoms with van der Waals surface area (Å²) in [5.74, 6) is 1.34. The third-order valence-electron chi connectivity index (χ3n) is 5.26. The number of amides is 2. The lowest BCUT2D eigenvalue weighted by atomic mass is 9.85. The maximum atomic E-state index is 12.7. The van der Waals surface area contributed by atoms with Crippen molar-refractivity contribution in [2.24, 2.45) is 0 Å². The molecule has 4 rings (SSSR count).